The molecule has 9 heteroatoms. The molecule has 1 heterocycles. The molecule has 8 nitrogen and oxygen atoms in total. The van der Waals surface area contributed by atoms with Crippen molar-refractivity contribution in [3.8, 4) is 17.5 Å². The van der Waals surface area contributed by atoms with Crippen molar-refractivity contribution in [3.63, 3.8) is 0 Å². The summed E-state index contributed by atoms with van der Waals surface area (Å²) in [5, 5.41) is 34.4. The minimum absolute atomic E-state index is 0.0667. The summed E-state index contributed by atoms with van der Waals surface area (Å²) in [5.74, 6) is 0.758. The number of nitriles is 1. The molecule has 0 bridgehead atoms. The topological polar surface area (TPSA) is 129 Å². The van der Waals surface area contributed by atoms with Crippen LogP contribution in [0.2, 0.25) is 0 Å². The third kappa shape index (κ3) is 8.30. The Morgan fingerprint density at radius 2 is 1.26 bits per heavy atom. The molecule has 2 N–H and O–H groups in total. The summed E-state index contributed by atoms with van der Waals surface area (Å²) in [7, 11) is 0. The fraction of sp³-hybridized carbons (Fsp3) is 0.268. The van der Waals surface area contributed by atoms with Crippen molar-refractivity contribution in [2.75, 3.05) is 0 Å². The highest BCUT2D eigenvalue weighted by Crippen LogP contribution is 2.46. The Hall–Kier alpha value is -5.25. The molecule has 5 rings (SSSR count). The second-order valence-electron chi connectivity index (χ2n) is 13.4. The molecular formula is C41H43N4O4P. The van der Waals surface area contributed by atoms with Gasteiger partial charge in [0.2, 0.25) is 11.8 Å². The minimum Gasteiger partial charge on any atom is -0.465 e. The van der Waals surface area contributed by atoms with Crippen LogP contribution < -0.4 is 21.2 Å². The van der Waals surface area contributed by atoms with E-state index in [1.807, 2.05) is 121 Å². The van der Waals surface area contributed by atoms with E-state index in [4.69, 9.17) is 4.42 Å². The lowest BCUT2D eigenvalue weighted by Gasteiger charge is -2.31. The van der Waals surface area contributed by atoms with E-state index in [2.05, 4.69) is 42.4 Å². The third-order valence-electron chi connectivity index (χ3n) is 9.15. The van der Waals surface area contributed by atoms with Crippen molar-refractivity contribution < 1.29 is 19.1 Å². The van der Waals surface area contributed by atoms with Crippen molar-refractivity contribution >= 4 is 40.0 Å². The number of nitrogens with zero attached hydrogens (tertiary/aromatic N) is 3. The number of ketones is 1. The van der Waals surface area contributed by atoms with Crippen LogP contribution in [0.3, 0.4) is 0 Å². The van der Waals surface area contributed by atoms with Gasteiger partial charge in [-0.15, -0.1) is 10.2 Å². The van der Waals surface area contributed by atoms with Crippen LogP contribution in [0, 0.1) is 22.7 Å². The maximum Gasteiger partial charge on any atom is 0.405 e. The summed E-state index contributed by atoms with van der Waals surface area (Å²) in [5.41, 5.74) is 0.801. The van der Waals surface area contributed by atoms with E-state index >= 15 is 0 Å². The van der Waals surface area contributed by atoms with Gasteiger partial charge in [0.25, 0.3) is 0 Å². The first-order chi connectivity index (χ1) is 24.1. The van der Waals surface area contributed by atoms with E-state index in [-0.39, 0.29) is 23.0 Å². The molecule has 256 valence electrons. The normalized spacial score (nSPS) is 12.8. The molecule has 1 amide bonds. The van der Waals surface area contributed by atoms with Gasteiger partial charge < -0.3 is 14.8 Å². The highest BCUT2D eigenvalue weighted by molar-refractivity contribution is 7.97. The fourth-order valence-electron chi connectivity index (χ4n) is 6.49. The van der Waals surface area contributed by atoms with Gasteiger partial charge in [0.15, 0.2) is 5.78 Å². The number of aromatic nitrogens is 2. The Morgan fingerprint density at radius 3 is 1.72 bits per heavy atom. The number of Topliss-reactive ketones (excluding diaryl/α,β-unsaturated/α-hetero) is 1. The molecule has 50 heavy (non-hydrogen) atoms. The first-order valence-corrected chi connectivity index (χ1v) is 18.7. The number of amides is 1. The lowest BCUT2D eigenvalue weighted by Crippen LogP contribution is -2.45. The number of hydrogen-bond acceptors (Lipinski definition) is 6. The zero-order valence-corrected chi connectivity index (χ0v) is 29.6. The molecule has 0 fully saturated rings. The maximum absolute atomic E-state index is 14.6. The average molecular weight is 687 g/mol. The van der Waals surface area contributed by atoms with E-state index < -0.39 is 24.8 Å². The van der Waals surface area contributed by atoms with Crippen molar-refractivity contribution in [1.82, 2.24) is 15.5 Å². The number of hydrogen-bond donors (Lipinski definition) is 2. The lowest BCUT2D eigenvalue weighted by molar-refractivity contribution is -0.114. The third-order valence-corrected chi connectivity index (χ3v) is 13.4. The van der Waals surface area contributed by atoms with Crippen LogP contribution in [-0.4, -0.2) is 38.5 Å². The number of unbranched alkanes of at least 4 members (excludes halogenated alkanes) is 1. The summed E-state index contributed by atoms with van der Waals surface area (Å²) < 4.78 is 6.02. The van der Waals surface area contributed by atoms with Crippen molar-refractivity contribution in [1.29, 1.82) is 5.26 Å². The molecule has 1 unspecified atom stereocenters. The van der Waals surface area contributed by atoms with Gasteiger partial charge in [-0.2, -0.15) is 5.26 Å². The maximum atomic E-state index is 14.6. The molecule has 4 aromatic carbocycles. The van der Waals surface area contributed by atoms with E-state index in [1.54, 1.807) is 0 Å². The largest absolute Gasteiger partial charge is 0.465 e. The SMILES string of the molecule is CC(C)(C)C(CCCC[C@H](NC(=O)O)C(=O)C(C#N)=P(c1ccccc1)(c1ccccc1)c1ccccc1)Cc1nnc(-c2ccccc2)o1. The molecule has 0 aliphatic heterocycles. The van der Waals surface area contributed by atoms with Gasteiger partial charge in [0.05, 0.1) is 6.04 Å². The van der Waals surface area contributed by atoms with Crippen LogP contribution >= 0.6 is 6.89 Å². The summed E-state index contributed by atoms with van der Waals surface area (Å²) >= 11 is 0. The second kappa shape index (κ2) is 16.4. The summed E-state index contributed by atoms with van der Waals surface area (Å²) in [6, 6.07) is 39.8. The fourth-order valence-corrected chi connectivity index (χ4v) is 10.7. The van der Waals surface area contributed by atoms with E-state index in [0.29, 0.717) is 24.6 Å². The minimum atomic E-state index is -3.00. The molecule has 2 atom stereocenters. The Bertz CT molecular complexity index is 1860. The predicted octanol–water partition coefficient (Wildman–Crippen LogP) is 7.40. The van der Waals surface area contributed by atoms with E-state index in [9.17, 15) is 20.0 Å². The number of carboxylic acid groups (broad SMARTS) is 1. The lowest BCUT2D eigenvalue weighted by atomic mass is 9.76. The number of benzene rings is 4. The number of rotatable bonds is 14. The molecular weight excluding hydrogens is 643 g/mol. The molecule has 5 aromatic rings. The Balaban J connectivity index is 1.44. The van der Waals surface area contributed by atoms with Crippen LogP contribution in [0.5, 0.6) is 0 Å². The first-order valence-electron chi connectivity index (χ1n) is 16.9. The Kier molecular flexibility index (Phi) is 11.8. The molecule has 0 saturated heterocycles. The van der Waals surface area contributed by atoms with E-state index in [1.165, 1.54) is 0 Å². The summed E-state index contributed by atoms with van der Waals surface area (Å²) in [6.45, 7) is 3.53. The molecule has 1 aromatic heterocycles. The van der Waals surface area contributed by atoms with Gasteiger partial charge in [-0.1, -0.05) is 143 Å². The highest BCUT2D eigenvalue weighted by Gasteiger charge is 2.36. The van der Waals surface area contributed by atoms with Gasteiger partial charge in [-0.05, 0) is 59.1 Å². The first kappa shape index (κ1) is 36.0. The van der Waals surface area contributed by atoms with Gasteiger partial charge in [0, 0.05) is 12.0 Å². The standard InChI is InChI=1S/C41H43N4O4P/c1-41(2,3)31(28-37-44-45-39(49-37)30-18-8-4-9-19-30)20-16-17-27-35(43-40(47)48)38(46)36(29-42)50(32-21-10-5-11-22-32,33-23-12-6-13-24-33)34-25-14-7-15-26-34/h4-15,18-19,21-26,31,35,43H,16-17,20,27-28H2,1-3H3,(H,47,48)/t31?,35-/m0/s1. The predicted molar refractivity (Wildman–Crippen MR) is 201 cm³/mol. The zero-order chi connectivity index (χ0) is 35.6. The Morgan fingerprint density at radius 1 is 0.780 bits per heavy atom. The van der Waals surface area contributed by atoms with E-state index in [0.717, 1.165) is 34.3 Å². The number of nitrogens with one attached hydrogen (secondary N) is 1. The smallest absolute Gasteiger partial charge is 0.405 e. The van der Waals surface area contributed by atoms with Gasteiger partial charge in [0.1, 0.15) is 11.4 Å². The molecule has 0 spiro atoms. The molecule has 0 radical (unpaired) electrons. The van der Waals surface area contributed by atoms with Crippen LogP contribution in [0.25, 0.3) is 11.5 Å². The molecule has 0 aliphatic rings. The van der Waals surface area contributed by atoms with Gasteiger partial charge in [-0.25, -0.2) is 4.79 Å². The summed E-state index contributed by atoms with van der Waals surface area (Å²) in [6.07, 6.45) is 1.68. The van der Waals surface area contributed by atoms with Gasteiger partial charge in [-0.3, -0.25) is 4.79 Å². The van der Waals surface area contributed by atoms with Gasteiger partial charge >= 0.3 is 6.09 Å². The van der Waals surface area contributed by atoms with Crippen LogP contribution in [0.4, 0.5) is 4.79 Å². The Labute approximate surface area is 294 Å². The zero-order valence-electron chi connectivity index (χ0n) is 28.7. The quantitative estimate of drug-likeness (QED) is 0.0920. The van der Waals surface area contributed by atoms with Crippen molar-refractivity contribution in [2.24, 2.45) is 11.3 Å². The van der Waals surface area contributed by atoms with Crippen molar-refractivity contribution in [3.05, 3.63) is 127 Å². The van der Waals surface area contributed by atoms with Crippen molar-refractivity contribution in [2.45, 2.75) is 58.9 Å². The van der Waals surface area contributed by atoms with Crippen LogP contribution in [0.1, 0.15) is 52.3 Å². The van der Waals surface area contributed by atoms with Crippen LogP contribution in [-0.2, 0) is 11.2 Å². The molecule has 0 saturated carbocycles. The number of carbonyl (C=O) groups excluding carboxylic acids is 1. The van der Waals surface area contributed by atoms with Crippen LogP contribution in [0.15, 0.2) is 126 Å². The summed E-state index contributed by atoms with van der Waals surface area (Å²) in [4.78, 5) is 26.7. The second-order valence-corrected chi connectivity index (χ2v) is 16.8. The highest BCUT2D eigenvalue weighted by atomic mass is 31.2. The average Bonchev–Trinajstić information content (AvgIpc) is 3.61. The monoisotopic (exact) mass is 686 g/mol. The number of carbonyl (C=O) groups is 2. The molecule has 0 aliphatic carbocycles.